The molecule has 1 aliphatic rings. The standard InChI is InChI=1S/C14H20N2O/c17-14(13-8-10-15-11-13)16-9-4-7-12-5-2-1-3-6-12/h1-3,5-6,13,15H,4,7-11H2,(H,16,17). The van der Waals surface area contributed by atoms with Gasteiger partial charge in [0.2, 0.25) is 5.91 Å². The second kappa shape index (κ2) is 6.40. The van der Waals surface area contributed by atoms with Crippen LogP contribution in [-0.4, -0.2) is 25.5 Å². The summed E-state index contributed by atoms with van der Waals surface area (Å²) in [5.74, 6) is 0.398. The van der Waals surface area contributed by atoms with Gasteiger partial charge in [-0.15, -0.1) is 0 Å². The highest BCUT2D eigenvalue weighted by atomic mass is 16.1. The van der Waals surface area contributed by atoms with E-state index < -0.39 is 0 Å². The van der Waals surface area contributed by atoms with E-state index in [0.717, 1.165) is 38.9 Å². The van der Waals surface area contributed by atoms with Gasteiger partial charge in [-0.3, -0.25) is 4.79 Å². The first-order valence-electron chi connectivity index (χ1n) is 6.38. The van der Waals surface area contributed by atoms with Crippen LogP contribution in [-0.2, 0) is 11.2 Å². The maximum atomic E-state index is 11.7. The van der Waals surface area contributed by atoms with Crippen molar-refractivity contribution >= 4 is 5.91 Å². The lowest BCUT2D eigenvalue weighted by Crippen LogP contribution is -2.32. The van der Waals surface area contributed by atoms with E-state index in [4.69, 9.17) is 0 Å². The molecular formula is C14H20N2O. The molecule has 92 valence electrons. The summed E-state index contributed by atoms with van der Waals surface area (Å²) < 4.78 is 0. The molecule has 0 saturated carbocycles. The van der Waals surface area contributed by atoms with Gasteiger partial charge in [0.15, 0.2) is 0 Å². The van der Waals surface area contributed by atoms with Gasteiger partial charge in [-0.05, 0) is 31.4 Å². The fourth-order valence-electron chi connectivity index (χ4n) is 2.17. The van der Waals surface area contributed by atoms with Crippen molar-refractivity contribution in [3.05, 3.63) is 35.9 Å². The first-order valence-corrected chi connectivity index (χ1v) is 6.38. The monoisotopic (exact) mass is 232 g/mol. The highest BCUT2D eigenvalue weighted by Gasteiger charge is 2.21. The summed E-state index contributed by atoms with van der Waals surface area (Å²) in [5, 5.41) is 6.22. The van der Waals surface area contributed by atoms with Crippen LogP contribution in [0.5, 0.6) is 0 Å². The van der Waals surface area contributed by atoms with E-state index in [1.54, 1.807) is 0 Å². The van der Waals surface area contributed by atoms with Crippen LogP contribution < -0.4 is 10.6 Å². The molecule has 0 aromatic heterocycles. The Morgan fingerprint density at radius 1 is 1.35 bits per heavy atom. The van der Waals surface area contributed by atoms with Gasteiger partial charge >= 0.3 is 0 Å². The van der Waals surface area contributed by atoms with E-state index in [0.29, 0.717) is 0 Å². The minimum Gasteiger partial charge on any atom is -0.356 e. The number of hydrogen-bond acceptors (Lipinski definition) is 2. The van der Waals surface area contributed by atoms with E-state index in [9.17, 15) is 4.79 Å². The molecule has 0 spiro atoms. The van der Waals surface area contributed by atoms with Crippen LogP contribution in [0.4, 0.5) is 0 Å². The number of rotatable bonds is 5. The first-order chi connectivity index (χ1) is 8.36. The molecule has 3 nitrogen and oxygen atoms in total. The Balaban J connectivity index is 1.61. The molecule has 1 fully saturated rings. The van der Waals surface area contributed by atoms with Crippen molar-refractivity contribution < 1.29 is 4.79 Å². The van der Waals surface area contributed by atoms with Gasteiger partial charge in [0.1, 0.15) is 0 Å². The molecule has 2 rings (SSSR count). The molecule has 1 unspecified atom stereocenters. The van der Waals surface area contributed by atoms with Crippen LogP contribution in [0.3, 0.4) is 0 Å². The summed E-state index contributed by atoms with van der Waals surface area (Å²) in [6.45, 7) is 2.59. The fourth-order valence-corrected chi connectivity index (χ4v) is 2.17. The molecule has 0 bridgehead atoms. The predicted octanol–water partition coefficient (Wildman–Crippen LogP) is 1.34. The van der Waals surface area contributed by atoms with Gasteiger partial charge < -0.3 is 10.6 Å². The second-order valence-corrected chi connectivity index (χ2v) is 4.57. The van der Waals surface area contributed by atoms with Crippen LogP contribution >= 0.6 is 0 Å². The number of benzene rings is 1. The van der Waals surface area contributed by atoms with E-state index in [1.807, 2.05) is 6.07 Å². The second-order valence-electron chi connectivity index (χ2n) is 4.57. The zero-order chi connectivity index (χ0) is 11.9. The van der Waals surface area contributed by atoms with Crippen molar-refractivity contribution in [1.82, 2.24) is 10.6 Å². The highest BCUT2D eigenvalue weighted by molar-refractivity contribution is 5.79. The minimum absolute atomic E-state index is 0.187. The molecule has 0 aliphatic carbocycles. The number of amides is 1. The largest absolute Gasteiger partial charge is 0.356 e. The SMILES string of the molecule is O=C(NCCCc1ccccc1)C1CCNC1. The number of aryl methyl sites for hydroxylation is 1. The van der Waals surface area contributed by atoms with E-state index in [2.05, 4.69) is 34.9 Å². The van der Waals surface area contributed by atoms with Crippen molar-refractivity contribution in [1.29, 1.82) is 0 Å². The average Bonchev–Trinajstić information content (AvgIpc) is 2.89. The molecule has 17 heavy (non-hydrogen) atoms. The quantitative estimate of drug-likeness (QED) is 0.752. The fraction of sp³-hybridized carbons (Fsp3) is 0.500. The molecular weight excluding hydrogens is 212 g/mol. The third-order valence-corrected chi connectivity index (χ3v) is 3.22. The van der Waals surface area contributed by atoms with Gasteiger partial charge in [-0.25, -0.2) is 0 Å². The summed E-state index contributed by atoms with van der Waals surface area (Å²) in [6.07, 6.45) is 3.02. The Kier molecular flexibility index (Phi) is 4.56. The average molecular weight is 232 g/mol. The normalized spacial score (nSPS) is 19.2. The number of carbonyl (C=O) groups is 1. The van der Waals surface area contributed by atoms with Gasteiger partial charge in [0, 0.05) is 13.1 Å². The number of nitrogens with one attached hydrogen (secondary N) is 2. The zero-order valence-electron chi connectivity index (χ0n) is 10.1. The van der Waals surface area contributed by atoms with E-state index >= 15 is 0 Å². The van der Waals surface area contributed by atoms with Gasteiger partial charge in [0.25, 0.3) is 0 Å². The van der Waals surface area contributed by atoms with E-state index in [1.165, 1.54) is 5.56 Å². The van der Waals surface area contributed by atoms with Gasteiger partial charge in [0.05, 0.1) is 5.92 Å². The van der Waals surface area contributed by atoms with Crippen molar-refractivity contribution in [3.63, 3.8) is 0 Å². The first kappa shape index (κ1) is 12.1. The molecule has 3 heteroatoms. The molecule has 1 heterocycles. The van der Waals surface area contributed by atoms with Crippen molar-refractivity contribution in [2.45, 2.75) is 19.3 Å². The van der Waals surface area contributed by atoms with E-state index in [-0.39, 0.29) is 11.8 Å². The third kappa shape index (κ3) is 3.86. The Bertz CT molecular complexity index is 344. The molecule has 2 N–H and O–H groups in total. The van der Waals surface area contributed by atoms with Crippen LogP contribution in [0, 0.1) is 5.92 Å². The van der Waals surface area contributed by atoms with Crippen LogP contribution in [0.25, 0.3) is 0 Å². The highest BCUT2D eigenvalue weighted by Crippen LogP contribution is 2.07. The lowest BCUT2D eigenvalue weighted by Gasteiger charge is -2.09. The van der Waals surface area contributed by atoms with Crippen LogP contribution in [0.1, 0.15) is 18.4 Å². The lowest BCUT2D eigenvalue weighted by atomic mass is 10.1. The Morgan fingerprint density at radius 2 is 2.18 bits per heavy atom. The van der Waals surface area contributed by atoms with Crippen molar-refractivity contribution in [3.8, 4) is 0 Å². The van der Waals surface area contributed by atoms with Crippen LogP contribution in [0.2, 0.25) is 0 Å². The third-order valence-electron chi connectivity index (χ3n) is 3.22. The Hall–Kier alpha value is -1.35. The van der Waals surface area contributed by atoms with Crippen molar-refractivity contribution in [2.24, 2.45) is 5.92 Å². The Morgan fingerprint density at radius 3 is 2.88 bits per heavy atom. The van der Waals surface area contributed by atoms with Crippen molar-refractivity contribution in [2.75, 3.05) is 19.6 Å². The van der Waals surface area contributed by atoms with Gasteiger partial charge in [-0.1, -0.05) is 30.3 Å². The summed E-state index contributed by atoms with van der Waals surface area (Å²) in [6, 6.07) is 10.4. The lowest BCUT2D eigenvalue weighted by molar-refractivity contribution is -0.124. The molecule has 1 aromatic carbocycles. The minimum atomic E-state index is 0.187. The smallest absolute Gasteiger partial charge is 0.224 e. The molecule has 0 radical (unpaired) electrons. The number of hydrogen-bond donors (Lipinski definition) is 2. The van der Waals surface area contributed by atoms with Gasteiger partial charge in [-0.2, -0.15) is 0 Å². The molecule has 1 aliphatic heterocycles. The molecule has 1 aromatic rings. The summed E-state index contributed by atoms with van der Waals surface area (Å²) in [5.41, 5.74) is 1.34. The summed E-state index contributed by atoms with van der Waals surface area (Å²) in [4.78, 5) is 11.7. The maximum Gasteiger partial charge on any atom is 0.224 e. The maximum absolute atomic E-state index is 11.7. The summed E-state index contributed by atoms with van der Waals surface area (Å²) >= 11 is 0. The number of carbonyl (C=O) groups excluding carboxylic acids is 1. The summed E-state index contributed by atoms with van der Waals surface area (Å²) in [7, 11) is 0. The molecule has 1 saturated heterocycles. The predicted molar refractivity (Wildman–Crippen MR) is 68.7 cm³/mol. The molecule has 1 amide bonds. The van der Waals surface area contributed by atoms with Crippen LogP contribution in [0.15, 0.2) is 30.3 Å². The molecule has 1 atom stereocenters. The Labute approximate surface area is 103 Å². The zero-order valence-corrected chi connectivity index (χ0v) is 10.1. The topological polar surface area (TPSA) is 41.1 Å².